The van der Waals surface area contributed by atoms with Gasteiger partial charge in [-0.2, -0.15) is 0 Å². The fraction of sp³-hybridized carbons (Fsp3) is 0.143. The lowest BCUT2D eigenvalue weighted by molar-refractivity contribution is 0.413. The maximum atomic E-state index is 13.5. The zero-order valence-electron chi connectivity index (χ0n) is 15.5. The van der Waals surface area contributed by atoms with Gasteiger partial charge in [0.25, 0.3) is 10.0 Å². The van der Waals surface area contributed by atoms with E-state index in [-0.39, 0.29) is 11.4 Å². The van der Waals surface area contributed by atoms with Crippen LogP contribution in [0.4, 0.5) is 5.69 Å². The van der Waals surface area contributed by atoms with Crippen LogP contribution in [0.2, 0.25) is 5.02 Å². The summed E-state index contributed by atoms with van der Waals surface area (Å²) in [5.74, 6) is 1.11. The SMILES string of the molecule is COc1ccc(N(Cc2cccc(Cl)c2)S(=O)(=O)c2cccc(OC)c2)cc1. The minimum absolute atomic E-state index is 0.131. The minimum Gasteiger partial charge on any atom is -0.497 e. The van der Waals surface area contributed by atoms with Gasteiger partial charge in [0.2, 0.25) is 0 Å². The summed E-state index contributed by atoms with van der Waals surface area (Å²) in [6.07, 6.45) is 0. The molecule has 0 aliphatic heterocycles. The Bertz CT molecular complexity index is 1050. The lowest BCUT2D eigenvalue weighted by Crippen LogP contribution is -2.30. The molecule has 146 valence electrons. The van der Waals surface area contributed by atoms with E-state index in [9.17, 15) is 8.42 Å². The third-order valence-corrected chi connectivity index (χ3v) is 6.21. The number of ether oxygens (including phenoxy) is 2. The Morgan fingerprint density at radius 3 is 2.18 bits per heavy atom. The molecule has 28 heavy (non-hydrogen) atoms. The number of hydrogen-bond donors (Lipinski definition) is 0. The molecule has 0 spiro atoms. The molecule has 0 N–H and O–H groups in total. The molecule has 0 atom stereocenters. The molecule has 0 saturated heterocycles. The van der Waals surface area contributed by atoms with Crippen molar-refractivity contribution in [3.05, 3.63) is 83.4 Å². The molecule has 0 aliphatic rings. The minimum atomic E-state index is -3.85. The summed E-state index contributed by atoms with van der Waals surface area (Å²) in [4.78, 5) is 0.143. The molecule has 0 bridgehead atoms. The predicted molar refractivity (Wildman–Crippen MR) is 111 cm³/mol. The summed E-state index contributed by atoms with van der Waals surface area (Å²) in [5.41, 5.74) is 1.29. The van der Waals surface area contributed by atoms with E-state index in [0.717, 1.165) is 5.56 Å². The first-order valence-electron chi connectivity index (χ1n) is 8.49. The molecule has 7 heteroatoms. The van der Waals surface area contributed by atoms with Crippen molar-refractivity contribution in [2.24, 2.45) is 0 Å². The summed E-state index contributed by atoms with van der Waals surface area (Å²) in [7, 11) is -0.788. The number of halogens is 1. The Morgan fingerprint density at radius 1 is 0.857 bits per heavy atom. The summed E-state index contributed by atoms with van der Waals surface area (Å²) in [6, 6.07) is 20.4. The lowest BCUT2D eigenvalue weighted by atomic mass is 10.2. The highest BCUT2D eigenvalue weighted by Gasteiger charge is 2.26. The van der Waals surface area contributed by atoms with Gasteiger partial charge in [-0.1, -0.05) is 29.8 Å². The molecule has 0 radical (unpaired) electrons. The van der Waals surface area contributed by atoms with E-state index in [4.69, 9.17) is 21.1 Å². The molecule has 0 heterocycles. The Labute approximate surface area is 170 Å². The summed E-state index contributed by atoms with van der Waals surface area (Å²) >= 11 is 6.08. The fourth-order valence-corrected chi connectivity index (χ4v) is 4.45. The van der Waals surface area contributed by atoms with Gasteiger partial charge in [-0.3, -0.25) is 4.31 Å². The van der Waals surface area contributed by atoms with Crippen LogP contribution in [0.25, 0.3) is 0 Å². The number of methoxy groups -OCH3 is 2. The summed E-state index contributed by atoms with van der Waals surface area (Å²) in [6.45, 7) is 0.131. The Balaban J connectivity index is 2.08. The third kappa shape index (κ3) is 4.40. The number of sulfonamides is 1. The number of anilines is 1. The fourth-order valence-electron chi connectivity index (χ4n) is 2.75. The van der Waals surface area contributed by atoms with Crippen LogP contribution in [0.15, 0.2) is 77.7 Å². The second-order valence-electron chi connectivity index (χ2n) is 6.02. The van der Waals surface area contributed by atoms with Crippen molar-refractivity contribution in [1.29, 1.82) is 0 Å². The van der Waals surface area contributed by atoms with Gasteiger partial charge < -0.3 is 9.47 Å². The average molecular weight is 418 g/mol. The van der Waals surface area contributed by atoms with Gasteiger partial charge in [0.1, 0.15) is 11.5 Å². The Kier molecular flexibility index (Phi) is 6.11. The van der Waals surface area contributed by atoms with Crippen LogP contribution in [0, 0.1) is 0 Å². The smallest absolute Gasteiger partial charge is 0.264 e. The van der Waals surface area contributed by atoms with E-state index >= 15 is 0 Å². The summed E-state index contributed by atoms with van der Waals surface area (Å²) in [5, 5.41) is 0.547. The first-order valence-corrected chi connectivity index (χ1v) is 10.3. The molecule has 3 rings (SSSR count). The van der Waals surface area contributed by atoms with Gasteiger partial charge in [-0.25, -0.2) is 8.42 Å². The molecule has 0 aromatic heterocycles. The number of nitrogens with zero attached hydrogens (tertiary/aromatic N) is 1. The number of benzene rings is 3. The molecule has 3 aromatic rings. The van der Waals surface area contributed by atoms with Crippen molar-refractivity contribution >= 4 is 27.3 Å². The second kappa shape index (κ2) is 8.54. The molecule has 0 unspecified atom stereocenters. The number of rotatable bonds is 7. The molecule has 0 saturated carbocycles. The van der Waals surface area contributed by atoms with Crippen LogP contribution < -0.4 is 13.8 Å². The molecule has 0 aliphatic carbocycles. The zero-order valence-corrected chi connectivity index (χ0v) is 17.1. The lowest BCUT2D eigenvalue weighted by Gasteiger charge is -2.25. The van der Waals surface area contributed by atoms with Crippen LogP contribution in [0.5, 0.6) is 11.5 Å². The van der Waals surface area contributed by atoms with Crippen molar-refractivity contribution in [2.45, 2.75) is 11.4 Å². The molecule has 0 amide bonds. The van der Waals surface area contributed by atoms with Crippen LogP contribution in [0.3, 0.4) is 0 Å². The standard InChI is InChI=1S/C21H20ClNO4S/c1-26-19-11-9-18(10-12-19)23(15-16-5-3-6-17(22)13-16)28(24,25)21-8-4-7-20(14-21)27-2/h3-14H,15H2,1-2H3. The molecule has 5 nitrogen and oxygen atoms in total. The van der Waals surface area contributed by atoms with Gasteiger partial charge >= 0.3 is 0 Å². The van der Waals surface area contributed by atoms with E-state index in [1.165, 1.54) is 17.5 Å². The van der Waals surface area contributed by atoms with Crippen LogP contribution >= 0.6 is 11.6 Å². The second-order valence-corrected chi connectivity index (χ2v) is 8.32. The largest absolute Gasteiger partial charge is 0.497 e. The molecule has 3 aromatic carbocycles. The topological polar surface area (TPSA) is 55.8 Å². The van der Waals surface area contributed by atoms with Gasteiger partial charge in [-0.05, 0) is 54.1 Å². The normalized spacial score (nSPS) is 11.1. The molecule has 0 fully saturated rings. The quantitative estimate of drug-likeness (QED) is 0.556. The first-order chi connectivity index (χ1) is 13.4. The highest BCUT2D eigenvalue weighted by molar-refractivity contribution is 7.92. The zero-order chi connectivity index (χ0) is 20.1. The Hall–Kier alpha value is -2.70. The van der Waals surface area contributed by atoms with Crippen LogP contribution in [-0.2, 0) is 16.6 Å². The van der Waals surface area contributed by atoms with Gasteiger partial charge in [0, 0.05) is 11.1 Å². The van der Waals surface area contributed by atoms with Crippen LogP contribution in [0.1, 0.15) is 5.56 Å². The van der Waals surface area contributed by atoms with E-state index in [2.05, 4.69) is 0 Å². The molecular weight excluding hydrogens is 398 g/mol. The number of hydrogen-bond acceptors (Lipinski definition) is 4. The maximum absolute atomic E-state index is 13.5. The monoisotopic (exact) mass is 417 g/mol. The van der Waals surface area contributed by atoms with Crippen molar-refractivity contribution in [3.63, 3.8) is 0 Å². The van der Waals surface area contributed by atoms with E-state index < -0.39 is 10.0 Å². The van der Waals surface area contributed by atoms with Crippen molar-refractivity contribution in [2.75, 3.05) is 18.5 Å². The highest BCUT2D eigenvalue weighted by Crippen LogP contribution is 2.29. The predicted octanol–water partition coefficient (Wildman–Crippen LogP) is 4.75. The van der Waals surface area contributed by atoms with Gasteiger partial charge in [-0.15, -0.1) is 0 Å². The van der Waals surface area contributed by atoms with Gasteiger partial charge in [0.05, 0.1) is 31.3 Å². The van der Waals surface area contributed by atoms with E-state index in [1.807, 2.05) is 6.07 Å². The van der Waals surface area contributed by atoms with E-state index in [0.29, 0.717) is 22.2 Å². The highest BCUT2D eigenvalue weighted by atomic mass is 35.5. The van der Waals surface area contributed by atoms with Crippen molar-refractivity contribution < 1.29 is 17.9 Å². The maximum Gasteiger partial charge on any atom is 0.264 e. The van der Waals surface area contributed by atoms with E-state index in [1.54, 1.807) is 67.8 Å². The Morgan fingerprint density at radius 2 is 1.54 bits per heavy atom. The summed E-state index contributed by atoms with van der Waals surface area (Å²) < 4.78 is 38.6. The third-order valence-electron chi connectivity index (χ3n) is 4.20. The van der Waals surface area contributed by atoms with Crippen LogP contribution in [-0.4, -0.2) is 22.6 Å². The van der Waals surface area contributed by atoms with Crippen molar-refractivity contribution in [1.82, 2.24) is 0 Å². The first kappa shape index (κ1) is 20.0. The van der Waals surface area contributed by atoms with Crippen molar-refractivity contribution in [3.8, 4) is 11.5 Å². The van der Waals surface area contributed by atoms with Gasteiger partial charge in [0.15, 0.2) is 0 Å². The average Bonchev–Trinajstić information content (AvgIpc) is 2.72. The molecular formula is C21H20ClNO4S.